The van der Waals surface area contributed by atoms with Crippen LogP contribution in [-0.4, -0.2) is 42.0 Å². The molecule has 0 saturated heterocycles. The maximum absolute atomic E-state index is 11.8. The average molecular weight is 186 g/mol. The molecule has 3 heteroatoms. The minimum atomic E-state index is 0.138. The SMILES string of the molecule is CCC(C)N(C)C(=O)N(CC)CC. The Morgan fingerprint density at radius 1 is 1.23 bits per heavy atom. The third-order valence-corrected chi connectivity index (χ3v) is 2.59. The lowest BCUT2D eigenvalue weighted by molar-refractivity contribution is 0.153. The minimum absolute atomic E-state index is 0.138. The van der Waals surface area contributed by atoms with Gasteiger partial charge in [0.25, 0.3) is 0 Å². The van der Waals surface area contributed by atoms with Crippen molar-refractivity contribution in [2.75, 3.05) is 20.1 Å². The van der Waals surface area contributed by atoms with Crippen molar-refractivity contribution in [1.29, 1.82) is 0 Å². The lowest BCUT2D eigenvalue weighted by Gasteiger charge is -2.30. The van der Waals surface area contributed by atoms with Crippen LogP contribution in [0, 0.1) is 0 Å². The van der Waals surface area contributed by atoms with Gasteiger partial charge in [-0.15, -0.1) is 0 Å². The van der Waals surface area contributed by atoms with Crippen molar-refractivity contribution in [3.63, 3.8) is 0 Å². The molecule has 1 atom stereocenters. The molecule has 0 spiro atoms. The topological polar surface area (TPSA) is 23.6 Å². The molecule has 0 aromatic rings. The molecule has 0 bridgehead atoms. The maximum Gasteiger partial charge on any atom is 0.319 e. The van der Waals surface area contributed by atoms with Gasteiger partial charge in [-0.3, -0.25) is 0 Å². The number of rotatable bonds is 4. The van der Waals surface area contributed by atoms with Crippen molar-refractivity contribution in [1.82, 2.24) is 9.80 Å². The first-order chi connectivity index (χ1) is 6.08. The van der Waals surface area contributed by atoms with Crippen molar-refractivity contribution in [3.8, 4) is 0 Å². The molecule has 1 unspecified atom stereocenters. The van der Waals surface area contributed by atoms with Gasteiger partial charge in [0.1, 0.15) is 0 Å². The van der Waals surface area contributed by atoms with Crippen LogP contribution in [0.25, 0.3) is 0 Å². The molecular formula is C10H22N2O. The summed E-state index contributed by atoms with van der Waals surface area (Å²) in [5.74, 6) is 0. The summed E-state index contributed by atoms with van der Waals surface area (Å²) in [5, 5.41) is 0. The molecule has 0 aliphatic heterocycles. The van der Waals surface area contributed by atoms with E-state index in [1.165, 1.54) is 0 Å². The monoisotopic (exact) mass is 186 g/mol. The van der Waals surface area contributed by atoms with E-state index in [4.69, 9.17) is 0 Å². The van der Waals surface area contributed by atoms with Crippen LogP contribution in [0.5, 0.6) is 0 Å². The molecule has 78 valence electrons. The van der Waals surface area contributed by atoms with E-state index >= 15 is 0 Å². The predicted molar refractivity (Wildman–Crippen MR) is 55.8 cm³/mol. The lowest BCUT2D eigenvalue weighted by Crippen LogP contribution is -2.44. The predicted octanol–water partition coefficient (Wildman–Crippen LogP) is 2.18. The van der Waals surface area contributed by atoms with Crippen LogP contribution < -0.4 is 0 Å². The van der Waals surface area contributed by atoms with Crippen molar-refractivity contribution in [2.45, 2.75) is 40.2 Å². The molecule has 0 N–H and O–H groups in total. The molecule has 2 amide bonds. The third kappa shape index (κ3) is 3.25. The van der Waals surface area contributed by atoms with E-state index in [9.17, 15) is 4.79 Å². The van der Waals surface area contributed by atoms with Gasteiger partial charge in [-0.2, -0.15) is 0 Å². The van der Waals surface area contributed by atoms with E-state index < -0.39 is 0 Å². The summed E-state index contributed by atoms with van der Waals surface area (Å²) in [4.78, 5) is 15.4. The van der Waals surface area contributed by atoms with Gasteiger partial charge in [0.2, 0.25) is 0 Å². The van der Waals surface area contributed by atoms with Gasteiger partial charge >= 0.3 is 6.03 Å². The van der Waals surface area contributed by atoms with E-state index in [-0.39, 0.29) is 6.03 Å². The third-order valence-electron chi connectivity index (χ3n) is 2.59. The largest absolute Gasteiger partial charge is 0.325 e. The maximum atomic E-state index is 11.8. The highest BCUT2D eigenvalue weighted by atomic mass is 16.2. The molecule has 0 rings (SSSR count). The molecule has 3 nitrogen and oxygen atoms in total. The summed E-state index contributed by atoms with van der Waals surface area (Å²) in [6.45, 7) is 9.75. The van der Waals surface area contributed by atoms with Crippen LogP contribution in [0.3, 0.4) is 0 Å². The lowest BCUT2D eigenvalue weighted by atomic mass is 10.2. The number of hydrogen-bond donors (Lipinski definition) is 0. The van der Waals surface area contributed by atoms with Gasteiger partial charge in [0.05, 0.1) is 0 Å². The van der Waals surface area contributed by atoms with Crippen molar-refractivity contribution >= 4 is 6.03 Å². The molecule has 0 fully saturated rings. The number of carbonyl (C=O) groups excluding carboxylic acids is 1. The number of amides is 2. The van der Waals surface area contributed by atoms with Gasteiger partial charge in [0, 0.05) is 26.2 Å². The summed E-state index contributed by atoms with van der Waals surface area (Å²) in [6.07, 6.45) is 1.00. The fraction of sp³-hybridized carbons (Fsp3) is 0.900. The van der Waals surface area contributed by atoms with Crippen LogP contribution in [-0.2, 0) is 0 Å². The van der Waals surface area contributed by atoms with Crippen molar-refractivity contribution in [3.05, 3.63) is 0 Å². The standard InChI is InChI=1S/C10H22N2O/c1-6-9(4)11(5)10(13)12(7-2)8-3/h9H,6-8H2,1-5H3. The highest BCUT2D eigenvalue weighted by Gasteiger charge is 2.18. The van der Waals surface area contributed by atoms with Gasteiger partial charge in [0.15, 0.2) is 0 Å². The minimum Gasteiger partial charge on any atom is -0.325 e. The Labute approximate surface area is 81.7 Å². The molecule has 0 heterocycles. The zero-order chi connectivity index (χ0) is 10.4. The summed E-state index contributed by atoms with van der Waals surface area (Å²) in [6, 6.07) is 0.465. The Hall–Kier alpha value is -0.730. The van der Waals surface area contributed by atoms with Crippen molar-refractivity contribution in [2.24, 2.45) is 0 Å². The first-order valence-corrected chi connectivity index (χ1v) is 5.10. The summed E-state index contributed by atoms with van der Waals surface area (Å²) < 4.78 is 0. The van der Waals surface area contributed by atoms with Gasteiger partial charge in [-0.25, -0.2) is 4.79 Å². The van der Waals surface area contributed by atoms with E-state index in [1.54, 1.807) is 0 Å². The number of nitrogens with zero attached hydrogens (tertiary/aromatic N) is 2. The Bertz CT molecular complexity index is 155. The summed E-state index contributed by atoms with van der Waals surface area (Å²) in [5.41, 5.74) is 0. The number of urea groups is 1. The Kier molecular flexibility index (Phi) is 5.51. The zero-order valence-corrected chi connectivity index (χ0v) is 9.50. The molecule has 0 aliphatic rings. The summed E-state index contributed by atoms with van der Waals surface area (Å²) in [7, 11) is 1.87. The second-order valence-corrected chi connectivity index (χ2v) is 3.32. The Morgan fingerprint density at radius 3 is 2.00 bits per heavy atom. The highest BCUT2D eigenvalue weighted by molar-refractivity contribution is 5.74. The first-order valence-electron chi connectivity index (χ1n) is 5.10. The van der Waals surface area contributed by atoms with E-state index in [1.807, 2.05) is 30.7 Å². The number of carbonyl (C=O) groups is 1. The normalized spacial score (nSPS) is 12.4. The van der Waals surface area contributed by atoms with Crippen LogP contribution in [0.4, 0.5) is 4.79 Å². The molecule has 0 radical (unpaired) electrons. The number of hydrogen-bond acceptors (Lipinski definition) is 1. The van der Waals surface area contributed by atoms with Crippen LogP contribution >= 0.6 is 0 Å². The fourth-order valence-electron chi connectivity index (χ4n) is 1.18. The Balaban J connectivity index is 4.22. The molecule has 0 aromatic carbocycles. The highest BCUT2D eigenvalue weighted by Crippen LogP contribution is 2.04. The Morgan fingerprint density at radius 2 is 1.69 bits per heavy atom. The molecule has 0 saturated carbocycles. The van der Waals surface area contributed by atoms with Gasteiger partial charge < -0.3 is 9.80 Å². The van der Waals surface area contributed by atoms with Crippen LogP contribution in [0.15, 0.2) is 0 Å². The van der Waals surface area contributed by atoms with E-state index in [0.717, 1.165) is 19.5 Å². The molecule has 13 heavy (non-hydrogen) atoms. The van der Waals surface area contributed by atoms with Crippen molar-refractivity contribution < 1.29 is 4.79 Å². The summed E-state index contributed by atoms with van der Waals surface area (Å²) >= 11 is 0. The second kappa shape index (κ2) is 5.84. The van der Waals surface area contributed by atoms with E-state index in [2.05, 4.69) is 13.8 Å². The van der Waals surface area contributed by atoms with E-state index in [0.29, 0.717) is 6.04 Å². The smallest absolute Gasteiger partial charge is 0.319 e. The first kappa shape index (κ1) is 12.3. The average Bonchev–Trinajstić information content (AvgIpc) is 2.17. The second-order valence-electron chi connectivity index (χ2n) is 3.32. The quantitative estimate of drug-likeness (QED) is 0.660. The van der Waals surface area contributed by atoms with Crippen LogP contribution in [0.2, 0.25) is 0 Å². The van der Waals surface area contributed by atoms with Crippen LogP contribution in [0.1, 0.15) is 34.1 Å². The van der Waals surface area contributed by atoms with Gasteiger partial charge in [-0.1, -0.05) is 6.92 Å². The molecule has 0 aliphatic carbocycles. The van der Waals surface area contributed by atoms with Gasteiger partial charge in [-0.05, 0) is 27.2 Å². The fourth-order valence-corrected chi connectivity index (χ4v) is 1.18. The zero-order valence-electron chi connectivity index (χ0n) is 9.50. The molecular weight excluding hydrogens is 164 g/mol. The molecule has 0 aromatic heterocycles.